The van der Waals surface area contributed by atoms with Crippen LogP contribution < -0.4 is 4.74 Å². The summed E-state index contributed by atoms with van der Waals surface area (Å²) in [6.07, 6.45) is 0. The molecule has 0 aliphatic heterocycles. The van der Waals surface area contributed by atoms with Gasteiger partial charge in [-0.3, -0.25) is 4.79 Å². The molecule has 0 unspecified atom stereocenters. The Balaban J connectivity index is 2.56. The van der Waals surface area contributed by atoms with Crippen molar-refractivity contribution in [3.8, 4) is 5.88 Å². The fourth-order valence-corrected chi connectivity index (χ4v) is 1.89. The highest BCUT2D eigenvalue weighted by Gasteiger charge is 2.08. The van der Waals surface area contributed by atoms with E-state index in [9.17, 15) is 4.79 Å². The average Bonchev–Trinajstić information content (AvgIpc) is 2.54. The van der Waals surface area contributed by atoms with Crippen molar-refractivity contribution in [2.75, 3.05) is 0 Å². The molecule has 1 heterocycles. The number of aromatic nitrogens is 1. The molecule has 0 saturated heterocycles. The van der Waals surface area contributed by atoms with Gasteiger partial charge in [0.15, 0.2) is 0 Å². The molecule has 0 saturated carbocycles. The summed E-state index contributed by atoms with van der Waals surface area (Å²) in [6, 6.07) is 5.39. The molecule has 0 amide bonds. The highest BCUT2D eigenvalue weighted by molar-refractivity contribution is 9.10. The van der Waals surface area contributed by atoms with Gasteiger partial charge in [0.25, 0.3) is 0 Å². The van der Waals surface area contributed by atoms with Crippen LogP contribution in [-0.4, -0.2) is 11.0 Å². The highest BCUT2D eigenvalue weighted by Crippen LogP contribution is 2.33. The maximum Gasteiger partial charge on any atom is 0.309 e. The molecule has 78 valence electrons. The summed E-state index contributed by atoms with van der Waals surface area (Å²) in [5.74, 6) is 0.0363. The van der Waals surface area contributed by atoms with Crippen LogP contribution in [0.15, 0.2) is 22.7 Å². The molecule has 0 radical (unpaired) electrons. The van der Waals surface area contributed by atoms with Crippen molar-refractivity contribution in [1.29, 1.82) is 0 Å². The van der Waals surface area contributed by atoms with E-state index in [1.165, 1.54) is 6.92 Å². The second-order valence-corrected chi connectivity index (χ2v) is 4.28. The average molecular weight is 289 g/mol. The first-order valence-electron chi connectivity index (χ1n) is 4.23. The normalized spacial score (nSPS) is 10.6. The summed E-state index contributed by atoms with van der Waals surface area (Å²) in [5.41, 5.74) is 0.833. The minimum Gasteiger partial charge on any atom is -0.410 e. The van der Waals surface area contributed by atoms with Crippen LogP contribution in [0.3, 0.4) is 0 Å². The Hall–Kier alpha value is -1.00. The number of aromatic amines is 1. The number of hydrogen-bond acceptors (Lipinski definition) is 2. The van der Waals surface area contributed by atoms with Crippen LogP contribution in [0.5, 0.6) is 5.88 Å². The monoisotopic (exact) mass is 287 g/mol. The number of hydrogen-bond donors (Lipinski definition) is 1. The van der Waals surface area contributed by atoms with Crippen molar-refractivity contribution < 1.29 is 9.53 Å². The molecule has 1 aromatic carbocycles. The first-order chi connectivity index (χ1) is 7.08. The number of esters is 1. The van der Waals surface area contributed by atoms with E-state index >= 15 is 0 Å². The standard InChI is InChI=1S/C10H7BrClNO2/c1-5(14)15-9-4-6-8(13-9)3-2-7(11)10(6)12/h2-4,13H,1H3. The van der Waals surface area contributed by atoms with Crippen LogP contribution in [-0.2, 0) is 4.79 Å². The molecule has 0 aliphatic carbocycles. The lowest BCUT2D eigenvalue weighted by Gasteiger charge is -1.95. The Bertz CT molecular complexity index is 535. The Kier molecular flexibility index (Phi) is 2.71. The molecule has 0 spiro atoms. The van der Waals surface area contributed by atoms with Gasteiger partial charge in [-0.25, -0.2) is 0 Å². The quantitative estimate of drug-likeness (QED) is 0.816. The van der Waals surface area contributed by atoms with Crippen molar-refractivity contribution in [3.63, 3.8) is 0 Å². The molecule has 0 fully saturated rings. The van der Waals surface area contributed by atoms with Crippen molar-refractivity contribution in [2.45, 2.75) is 6.92 Å². The molecule has 2 rings (SSSR count). The molecule has 2 aromatic rings. The van der Waals surface area contributed by atoms with Crippen molar-refractivity contribution in [3.05, 3.63) is 27.7 Å². The number of carbonyl (C=O) groups is 1. The smallest absolute Gasteiger partial charge is 0.309 e. The molecule has 3 nitrogen and oxygen atoms in total. The highest BCUT2D eigenvalue weighted by atomic mass is 79.9. The summed E-state index contributed by atoms with van der Waals surface area (Å²) in [5, 5.41) is 1.42. The van der Waals surface area contributed by atoms with Crippen molar-refractivity contribution >= 4 is 44.4 Å². The van der Waals surface area contributed by atoms with Gasteiger partial charge in [0.2, 0.25) is 5.88 Å². The van der Waals surface area contributed by atoms with Gasteiger partial charge < -0.3 is 9.72 Å². The van der Waals surface area contributed by atoms with E-state index in [4.69, 9.17) is 16.3 Å². The predicted octanol–water partition coefficient (Wildman–Crippen LogP) is 3.51. The number of benzene rings is 1. The molecule has 1 aromatic heterocycles. The molecular formula is C10H7BrClNO2. The minimum absolute atomic E-state index is 0.364. The first kappa shape index (κ1) is 10.5. The van der Waals surface area contributed by atoms with Gasteiger partial charge in [0.05, 0.1) is 5.02 Å². The van der Waals surface area contributed by atoms with Crippen LogP contribution in [0.2, 0.25) is 5.02 Å². The molecule has 15 heavy (non-hydrogen) atoms. The topological polar surface area (TPSA) is 42.1 Å². The Morgan fingerprint density at radius 2 is 2.27 bits per heavy atom. The fourth-order valence-electron chi connectivity index (χ4n) is 1.33. The molecule has 5 heteroatoms. The van der Waals surface area contributed by atoms with Crippen LogP contribution in [0.1, 0.15) is 6.92 Å². The van der Waals surface area contributed by atoms with E-state index in [1.54, 1.807) is 6.07 Å². The Morgan fingerprint density at radius 3 is 2.93 bits per heavy atom. The third-order valence-corrected chi connectivity index (χ3v) is 3.22. The van der Waals surface area contributed by atoms with Gasteiger partial charge in [0.1, 0.15) is 0 Å². The zero-order valence-electron chi connectivity index (χ0n) is 7.80. The summed E-state index contributed by atoms with van der Waals surface area (Å²) >= 11 is 9.39. The van der Waals surface area contributed by atoms with Gasteiger partial charge in [0, 0.05) is 28.4 Å². The SMILES string of the molecule is CC(=O)Oc1cc2c(Cl)c(Br)ccc2[nH]1. The second-order valence-electron chi connectivity index (χ2n) is 3.05. The van der Waals surface area contributed by atoms with E-state index in [1.807, 2.05) is 12.1 Å². The lowest BCUT2D eigenvalue weighted by atomic mass is 10.2. The zero-order valence-corrected chi connectivity index (χ0v) is 10.1. The maximum absolute atomic E-state index is 10.8. The minimum atomic E-state index is -0.364. The number of fused-ring (bicyclic) bond motifs is 1. The first-order valence-corrected chi connectivity index (χ1v) is 5.40. The number of ether oxygens (including phenoxy) is 1. The van der Waals surface area contributed by atoms with Crippen LogP contribution in [0.4, 0.5) is 0 Å². The van der Waals surface area contributed by atoms with Crippen molar-refractivity contribution in [2.24, 2.45) is 0 Å². The zero-order chi connectivity index (χ0) is 11.0. The number of carbonyl (C=O) groups excluding carboxylic acids is 1. The van der Waals surface area contributed by atoms with E-state index in [-0.39, 0.29) is 5.97 Å². The molecule has 0 aliphatic rings. The fraction of sp³-hybridized carbons (Fsp3) is 0.100. The van der Waals surface area contributed by atoms with Gasteiger partial charge in [-0.1, -0.05) is 11.6 Å². The summed E-state index contributed by atoms with van der Waals surface area (Å²) < 4.78 is 5.74. The molecular weight excluding hydrogens is 281 g/mol. The van der Waals surface area contributed by atoms with E-state index < -0.39 is 0 Å². The lowest BCUT2D eigenvalue weighted by Crippen LogP contribution is -2.00. The third-order valence-electron chi connectivity index (χ3n) is 1.92. The van der Waals surface area contributed by atoms with E-state index in [0.29, 0.717) is 10.9 Å². The van der Waals surface area contributed by atoms with E-state index in [2.05, 4.69) is 20.9 Å². The van der Waals surface area contributed by atoms with Crippen LogP contribution in [0.25, 0.3) is 10.9 Å². The van der Waals surface area contributed by atoms with Gasteiger partial charge in [-0.05, 0) is 28.1 Å². The summed E-state index contributed by atoms with van der Waals surface area (Å²) in [4.78, 5) is 13.7. The molecule has 0 bridgehead atoms. The van der Waals surface area contributed by atoms with Gasteiger partial charge >= 0.3 is 5.97 Å². The molecule has 1 N–H and O–H groups in total. The van der Waals surface area contributed by atoms with Gasteiger partial charge in [-0.2, -0.15) is 0 Å². The number of rotatable bonds is 1. The number of halogens is 2. The Morgan fingerprint density at radius 1 is 1.53 bits per heavy atom. The second kappa shape index (κ2) is 3.87. The maximum atomic E-state index is 10.8. The van der Waals surface area contributed by atoms with Crippen LogP contribution >= 0.6 is 27.5 Å². The Labute approximate surface area is 99.5 Å². The van der Waals surface area contributed by atoms with Crippen molar-refractivity contribution in [1.82, 2.24) is 4.98 Å². The summed E-state index contributed by atoms with van der Waals surface area (Å²) in [7, 11) is 0. The lowest BCUT2D eigenvalue weighted by molar-refractivity contribution is -0.132. The summed E-state index contributed by atoms with van der Waals surface area (Å²) in [6.45, 7) is 1.35. The molecule has 0 atom stereocenters. The van der Waals surface area contributed by atoms with E-state index in [0.717, 1.165) is 15.4 Å². The third kappa shape index (κ3) is 2.01. The van der Waals surface area contributed by atoms with Gasteiger partial charge in [-0.15, -0.1) is 0 Å². The number of nitrogens with one attached hydrogen (secondary N) is 1. The predicted molar refractivity (Wildman–Crippen MR) is 62.3 cm³/mol. The van der Waals surface area contributed by atoms with Crippen LogP contribution in [0, 0.1) is 0 Å². The number of H-pyrrole nitrogens is 1. The largest absolute Gasteiger partial charge is 0.410 e.